The van der Waals surface area contributed by atoms with Gasteiger partial charge in [0.15, 0.2) is 0 Å². The number of carbonyl (C=O) groups is 1. The second-order valence-corrected chi connectivity index (χ2v) is 5.97. The smallest absolute Gasteiger partial charge is 0.222 e. The molecule has 21 heavy (non-hydrogen) atoms. The first kappa shape index (κ1) is 18.0. The van der Waals surface area contributed by atoms with Gasteiger partial charge in [-0.25, -0.2) is 0 Å². The maximum atomic E-state index is 12.3. The van der Waals surface area contributed by atoms with Gasteiger partial charge in [-0.2, -0.15) is 0 Å². The van der Waals surface area contributed by atoms with Crippen molar-refractivity contribution in [2.75, 3.05) is 20.1 Å². The number of nitrogens with zero attached hydrogens (tertiary/aromatic N) is 2. The molecular formula is C15H26ClN3O2. The summed E-state index contributed by atoms with van der Waals surface area (Å²) in [6, 6.07) is 1.87. The van der Waals surface area contributed by atoms with Crippen molar-refractivity contribution in [1.82, 2.24) is 15.4 Å². The first-order chi connectivity index (χ1) is 9.56. The lowest BCUT2D eigenvalue weighted by Gasteiger charge is -2.29. The zero-order valence-electron chi connectivity index (χ0n) is 13.1. The van der Waals surface area contributed by atoms with E-state index in [-0.39, 0.29) is 18.3 Å². The van der Waals surface area contributed by atoms with E-state index in [1.807, 2.05) is 20.0 Å². The summed E-state index contributed by atoms with van der Waals surface area (Å²) in [6.07, 6.45) is 3.06. The van der Waals surface area contributed by atoms with E-state index in [9.17, 15) is 4.79 Å². The molecule has 0 radical (unpaired) electrons. The van der Waals surface area contributed by atoms with Crippen molar-refractivity contribution in [3.8, 4) is 0 Å². The minimum Gasteiger partial charge on any atom is -0.361 e. The largest absolute Gasteiger partial charge is 0.361 e. The summed E-state index contributed by atoms with van der Waals surface area (Å²) in [4.78, 5) is 14.0. The van der Waals surface area contributed by atoms with Crippen LogP contribution in [-0.4, -0.2) is 36.1 Å². The molecule has 2 unspecified atom stereocenters. The Balaban J connectivity index is 0.00000220. The maximum Gasteiger partial charge on any atom is 0.222 e. The Kier molecular flexibility index (Phi) is 7.18. The maximum absolute atomic E-state index is 12.3. The van der Waals surface area contributed by atoms with Crippen molar-refractivity contribution < 1.29 is 9.32 Å². The number of aromatic nitrogens is 1. The fourth-order valence-electron chi connectivity index (χ4n) is 2.79. The zero-order chi connectivity index (χ0) is 14.5. The lowest BCUT2D eigenvalue weighted by molar-refractivity contribution is -0.131. The summed E-state index contributed by atoms with van der Waals surface area (Å²) in [5.74, 6) is 2.01. The molecule has 2 atom stereocenters. The Labute approximate surface area is 132 Å². The summed E-state index contributed by atoms with van der Waals surface area (Å²) in [5, 5.41) is 7.34. The van der Waals surface area contributed by atoms with E-state index in [2.05, 4.69) is 17.4 Å². The van der Waals surface area contributed by atoms with Crippen LogP contribution >= 0.6 is 12.4 Å². The van der Waals surface area contributed by atoms with Gasteiger partial charge in [-0.15, -0.1) is 12.4 Å². The van der Waals surface area contributed by atoms with E-state index >= 15 is 0 Å². The van der Waals surface area contributed by atoms with Gasteiger partial charge in [0.2, 0.25) is 5.91 Å². The van der Waals surface area contributed by atoms with E-state index in [1.165, 1.54) is 12.8 Å². The van der Waals surface area contributed by atoms with Gasteiger partial charge in [-0.3, -0.25) is 4.79 Å². The van der Waals surface area contributed by atoms with Gasteiger partial charge in [0.1, 0.15) is 11.5 Å². The normalized spacial score (nSPS) is 19.7. The van der Waals surface area contributed by atoms with Gasteiger partial charge < -0.3 is 14.7 Å². The van der Waals surface area contributed by atoms with E-state index in [4.69, 9.17) is 4.52 Å². The number of aryl methyl sites for hydroxylation is 1. The summed E-state index contributed by atoms with van der Waals surface area (Å²) >= 11 is 0. The number of halogens is 1. The number of piperidine rings is 1. The third-order valence-corrected chi connectivity index (χ3v) is 4.14. The highest BCUT2D eigenvalue weighted by Crippen LogP contribution is 2.23. The molecular weight excluding hydrogens is 290 g/mol. The highest BCUT2D eigenvalue weighted by atomic mass is 35.5. The van der Waals surface area contributed by atoms with Crippen molar-refractivity contribution in [2.24, 2.45) is 11.8 Å². The average molecular weight is 316 g/mol. The zero-order valence-corrected chi connectivity index (χ0v) is 13.9. The summed E-state index contributed by atoms with van der Waals surface area (Å²) in [5.41, 5.74) is 0.810. The molecule has 0 spiro atoms. The number of carbonyl (C=O) groups excluding carboxylic acids is 1. The fraction of sp³-hybridized carbons (Fsp3) is 0.733. The monoisotopic (exact) mass is 315 g/mol. The fourth-order valence-corrected chi connectivity index (χ4v) is 2.79. The second-order valence-electron chi connectivity index (χ2n) is 5.97. The van der Waals surface area contributed by atoms with Gasteiger partial charge in [0.05, 0.1) is 6.54 Å². The third-order valence-electron chi connectivity index (χ3n) is 4.14. The quantitative estimate of drug-likeness (QED) is 0.906. The van der Waals surface area contributed by atoms with Crippen LogP contribution in [0.3, 0.4) is 0 Å². The highest BCUT2D eigenvalue weighted by molar-refractivity contribution is 5.85. The van der Waals surface area contributed by atoms with Crippen LogP contribution in [0.2, 0.25) is 0 Å². The molecule has 6 heteroatoms. The summed E-state index contributed by atoms with van der Waals surface area (Å²) in [7, 11) is 1.83. The molecule has 0 bridgehead atoms. The first-order valence-electron chi connectivity index (χ1n) is 7.43. The summed E-state index contributed by atoms with van der Waals surface area (Å²) in [6.45, 7) is 6.72. The molecule has 1 saturated heterocycles. The van der Waals surface area contributed by atoms with Crippen LogP contribution in [0, 0.1) is 18.8 Å². The molecule has 1 aliphatic rings. The summed E-state index contributed by atoms with van der Waals surface area (Å²) < 4.78 is 5.03. The average Bonchev–Trinajstić information content (AvgIpc) is 2.85. The van der Waals surface area contributed by atoms with Crippen LogP contribution in [0.4, 0.5) is 0 Å². The lowest BCUT2D eigenvalue weighted by atomic mass is 9.85. The van der Waals surface area contributed by atoms with Gasteiger partial charge in [0, 0.05) is 19.5 Å². The van der Waals surface area contributed by atoms with Crippen molar-refractivity contribution in [2.45, 2.75) is 39.7 Å². The number of nitrogens with one attached hydrogen (secondary N) is 1. The van der Waals surface area contributed by atoms with Crippen molar-refractivity contribution in [1.29, 1.82) is 0 Å². The molecule has 1 aromatic heterocycles. The van der Waals surface area contributed by atoms with Crippen LogP contribution in [0.15, 0.2) is 10.6 Å². The van der Waals surface area contributed by atoms with E-state index in [0.29, 0.717) is 24.8 Å². The molecule has 2 rings (SSSR count). The minimum atomic E-state index is 0. The van der Waals surface area contributed by atoms with Crippen LogP contribution in [-0.2, 0) is 11.3 Å². The van der Waals surface area contributed by atoms with Crippen LogP contribution in [0.5, 0.6) is 0 Å². The van der Waals surface area contributed by atoms with Crippen LogP contribution < -0.4 is 5.32 Å². The highest BCUT2D eigenvalue weighted by Gasteiger charge is 2.23. The molecule has 1 amide bonds. The topological polar surface area (TPSA) is 58.4 Å². The van der Waals surface area contributed by atoms with Gasteiger partial charge in [0.25, 0.3) is 0 Å². The predicted octanol–water partition coefficient (Wildman–Crippen LogP) is 2.39. The Morgan fingerprint density at radius 1 is 1.62 bits per heavy atom. The van der Waals surface area contributed by atoms with E-state index in [0.717, 1.165) is 24.5 Å². The van der Waals surface area contributed by atoms with Gasteiger partial charge in [-0.05, 0) is 44.7 Å². The van der Waals surface area contributed by atoms with Crippen molar-refractivity contribution >= 4 is 18.3 Å². The molecule has 1 aromatic rings. The number of hydrogen-bond acceptors (Lipinski definition) is 4. The second kappa shape index (κ2) is 8.39. The minimum absolute atomic E-state index is 0. The Morgan fingerprint density at radius 2 is 2.38 bits per heavy atom. The molecule has 2 heterocycles. The number of hydrogen-bond donors (Lipinski definition) is 1. The third kappa shape index (κ3) is 5.32. The molecule has 0 aliphatic carbocycles. The van der Waals surface area contributed by atoms with E-state index in [1.54, 1.807) is 4.90 Å². The molecule has 5 nitrogen and oxygen atoms in total. The SMILES string of the molecule is Cc1cc(CN(C)C(=O)CC(C)C2CCCNC2)no1.Cl. The van der Waals surface area contributed by atoms with Crippen LogP contribution in [0.1, 0.15) is 37.6 Å². The first-order valence-corrected chi connectivity index (χ1v) is 7.43. The molecule has 120 valence electrons. The van der Waals surface area contributed by atoms with Crippen molar-refractivity contribution in [3.05, 3.63) is 17.5 Å². The molecule has 1 N–H and O–H groups in total. The van der Waals surface area contributed by atoms with E-state index < -0.39 is 0 Å². The van der Waals surface area contributed by atoms with Crippen LogP contribution in [0.25, 0.3) is 0 Å². The molecule has 1 aliphatic heterocycles. The number of amides is 1. The van der Waals surface area contributed by atoms with Crippen molar-refractivity contribution in [3.63, 3.8) is 0 Å². The Morgan fingerprint density at radius 3 is 2.95 bits per heavy atom. The predicted molar refractivity (Wildman–Crippen MR) is 84.3 cm³/mol. The number of rotatable bonds is 5. The standard InChI is InChI=1S/C15H25N3O2.ClH/c1-11(13-5-4-6-16-9-13)7-15(19)18(3)10-14-8-12(2)20-17-14;/h8,11,13,16H,4-7,9-10H2,1-3H3;1H. The van der Waals surface area contributed by atoms with Gasteiger partial charge >= 0.3 is 0 Å². The molecule has 1 fully saturated rings. The lowest BCUT2D eigenvalue weighted by Crippen LogP contribution is -2.36. The Hall–Kier alpha value is -1.07. The van der Waals surface area contributed by atoms with Gasteiger partial charge in [-0.1, -0.05) is 12.1 Å². The Bertz CT molecular complexity index is 444. The molecule has 0 aromatic carbocycles. The molecule has 0 saturated carbocycles.